The summed E-state index contributed by atoms with van der Waals surface area (Å²) in [7, 11) is 6.31. The van der Waals surface area contributed by atoms with Crippen LogP contribution in [0.15, 0.2) is 47.6 Å². The Kier molecular flexibility index (Phi) is 21.6. The minimum absolute atomic E-state index is 0.0246. The molecule has 4 rings (SSSR count). The van der Waals surface area contributed by atoms with Crippen LogP contribution >= 0.6 is 0 Å². The number of hydrogen-bond donors (Lipinski definition) is 2. The summed E-state index contributed by atoms with van der Waals surface area (Å²) >= 11 is 0. The number of allylic oxidation sites excluding steroid dienone is 6. The van der Waals surface area contributed by atoms with Crippen LogP contribution in [0, 0.1) is 35.5 Å². The van der Waals surface area contributed by atoms with Crippen molar-refractivity contribution in [2.75, 3.05) is 35.0 Å². The highest BCUT2D eigenvalue weighted by Crippen LogP contribution is 2.38. The summed E-state index contributed by atoms with van der Waals surface area (Å²) in [5, 5.41) is 23.4. The first-order chi connectivity index (χ1) is 31.3. The number of ketones is 3. The average molecular weight is 928 g/mol. The van der Waals surface area contributed by atoms with Gasteiger partial charge in [-0.1, -0.05) is 71.1 Å². The van der Waals surface area contributed by atoms with Crippen molar-refractivity contribution in [2.45, 2.75) is 180 Å². The Morgan fingerprint density at radius 3 is 2.20 bits per heavy atom. The number of Topliss-reactive ketones (excluding diaryl/α,β-unsaturated/α-hetero) is 3. The molecule has 0 aromatic heterocycles. The highest BCUT2D eigenvalue weighted by molar-refractivity contribution is 6.39. The minimum Gasteiger partial charge on any atom is -0.460 e. The number of fused-ring (bicyclic) bond motifs is 3. The molecule has 2 N–H and O–H groups in total. The maximum absolute atomic E-state index is 14.4. The number of hydrogen-bond acceptors (Lipinski definition) is 13. The van der Waals surface area contributed by atoms with E-state index < -0.39 is 77.8 Å². The summed E-state index contributed by atoms with van der Waals surface area (Å²) < 4.78 is 35.3. The topological polar surface area (TPSA) is 184 Å². The Labute approximate surface area is 393 Å². The van der Waals surface area contributed by atoms with Gasteiger partial charge in [-0.05, 0) is 107 Å². The fourth-order valence-corrected chi connectivity index (χ4v) is 10.4. The summed E-state index contributed by atoms with van der Waals surface area (Å²) in [6, 6.07) is -1.12. The molecule has 1 aliphatic carbocycles. The molecule has 2 bridgehead atoms. The van der Waals surface area contributed by atoms with Crippen LogP contribution in [-0.2, 0) is 52.4 Å². The van der Waals surface area contributed by atoms with E-state index in [0.717, 1.165) is 24.8 Å². The number of aliphatic hydroxyl groups excluding tert-OH is 1. The third-order valence-electron chi connectivity index (χ3n) is 14.8. The SMILES string of the molecule is CO[C@H]1CC2CC[C@@H](C)[C@@](O)(O2)C(=O)C(=O)N2CCCCC2C(=O)O[C@H]([C@H](C)C[C@@H]2CC[C@@H](OC)[C@H](OC)C2)CC(=O)[C@H](C)/C=C(\C)[C@@H](O)[C@@H](OC)C(=O)[C@H](C)C[C@H](C)/C=C/C=CC=C1C. The Morgan fingerprint density at radius 2 is 1.53 bits per heavy atom. The molecule has 3 aliphatic heterocycles. The number of aliphatic hydroxyl groups is 2. The van der Waals surface area contributed by atoms with Gasteiger partial charge in [0.1, 0.15) is 30.1 Å². The number of cyclic esters (lactones) is 1. The molecule has 3 fully saturated rings. The number of ether oxygens (including phenoxy) is 6. The number of rotatable bonds is 7. The lowest BCUT2D eigenvalue weighted by atomic mass is 9.78. The van der Waals surface area contributed by atoms with Gasteiger partial charge in [0.2, 0.25) is 5.79 Å². The molecule has 0 aromatic rings. The van der Waals surface area contributed by atoms with Crippen LogP contribution < -0.4 is 0 Å². The molecule has 0 radical (unpaired) electrons. The second kappa shape index (κ2) is 25.8. The van der Waals surface area contributed by atoms with Gasteiger partial charge in [-0.3, -0.25) is 19.2 Å². The molecule has 372 valence electrons. The Hall–Kier alpha value is -3.37. The van der Waals surface area contributed by atoms with Gasteiger partial charge in [-0.2, -0.15) is 0 Å². The molecule has 15 atom stereocenters. The lowest BCUT2D eigenvalue weighted by molar-refractivity contribution is -0.265. The van der Waals surface area contributed by atoms with Crippen LogP contribution in [0.25, 0.3) is 0 Å². The number of esters is 1. The van der Waals surface area contributed by atoms with Crippen molar-refractivity contribution in [2.24, 2.45) is 35.5 Å². The Bertz CT molecular complexity index is 1770. The molecule has 66 heavy (non-hydrogen) atoms. The zero-order valence-electron chi connectivity index (χ0n) is 41.6. The number of carbonyl (C=O) groups excluding carboxylic acids is 5. The van der Waals surface area contributed by atoms with E-state index in [1.807, 2.05) is 58.1 Å². The number of piperidine rings is 1. The van der Waals surface area contributed by atoms with Crippen molar-refractivity contribution >= 4 is 29.2 Å². The van der Waals surface area contributed by atoms with Crippen LogP contribution in [-0.4, -0.2) is 134 Å². The van der Waals surface area contributed by atoms with Crippen molar-refractivity contribution in [3.8, 4) is 0 Å². The smallest absolute Gasteiger partial charge is 0.329 e. The lowest BCUT2D eigenvalue weighted by Gasteiger charge is -2.42. The van der Waals surface area contributed by atoms with Crippen LogP contribution in [0.1, 0.15) is 126 Å². The number of methoxy groups -OCH3 is 4. The summed E-state index contributed by atoms with van der Waals surface area (Å²) in [5.74, 6) is -7.72. The predicted octanol–water partition coefficient (Wildman–Crippen LogP) is 6.83. The van der Waals surface area contributed by atoms with Crippen LogP contribution in [0.2, 0.25) is 0 Å². The quantitative estimate of drug-likeness (QED) is 0.154. The van der Waals surface area contributed by atoms with Gasteiger partial charge in [-0.25, -0.2) is 4.79 Å². The summed E-state index contributed by atoms with van der Waals surface area (Å²) in [6.45, 7) is 12.8. The molecule has 3 heterocycles. The summed E-state index contributed by atoms with van der Waals surface area (Å²) in [5.41, 5.74) is 1.29. The molecule has 2 unspecified atom stereocenters. The Balaban J connectivity index is 1.70. The third kappa shape index (κ3) is 14.3. The first kappa shape index (κ1) is 55.2. The number of nitrogens with zero attached hydrogens (tertiary/aromatic N) is 1. The van der Waals surface area contributed by atoms with E-state index in [-0.39, 0.29) is 60.9 Å². The molecular weight excluding hydrogens is 847 g/mol. The maximum Gasteiger partial charge on any atom is 0.329 e. The monoisotopic (exact) mass is 928 g/mol. The highest BCUT2D eigenvalue weighted by atomic mass is 16.6. The maximum atomic E-state index is 14.4. The van der Waals surface area contributed by atoms with E-state index in [2.05, 4.69) is 0 Å². The molecule has 1 saturated carbocycles. The molecular formula is C52H81NO13. The minimum atomic E-state index is -2.42. The van der Waals surface area contributed by atoms with E-state index in [0.29, 0.717) is 50.5 Å². The predicted molar refractivity (Wildman–Crippen MR) is 250 cm³/mol. The zero-order valence-corrected chi connectivity index (χ0v) is 41.6. The van der Waals surface area contributed by atoms with Gasteiger partial charge < -0.3 is 43.5 Å². The summed E-state index contributed by atoms with van der Waals surface area (Å²) in [6.07, 6.45) is 12.7. The second-order valence-corrected chi connectivity index (χ2v) is 19.8. The molecule has 0 aromatic carbocycles. The molecule has 2 saturated heterocycles. The Morgan fingerprint density at radius 1 is 0.818 bits per heavy atom. The molecule has 14 heteroatoms. The molecule has 0 spiro atoms. The first-order valence-corrected chi connectivity index (χ1v) is 24.3. The van der Waals surface area contributed by atoms with Crippen molar-refractivity contribution in [3.63, 3.8) is 0 Å². The zero-order chi connectivity index (χ0) is 48.9. The van der Waals surface area contributed by atoms with E-state index in [4.69, 9.17) is 28.4 Å². The van der Waals surface area contributed by atoms with Crippen molar-refractivity contribution in [1.29, 1.82) is 0 Å². The molecule has 4 aliphatic rings. The third-order valence-corrected chi connectivity index (χ3v) is 14.8. The van der Waals surface area contributed by atoms with Gasteiger partial charge in [0.05, 0.1) is 24.4 Å². The van der Waals surface area contributed by atoms with Gasteiger partial charge in [0.15, 0.2) is 5.78 Å². The van der Waals surface area contributed by atoms with Crippen LogP contribution in [0.5, 0.6) is 0 Å². The number of carbonyl (C=O) groups is 5. The number of amides is 1. The van der Waals surface area contributed by atoms with E-state index in [1.54, 1.807) is 48.2 Å². The van der Waals surface area contributed by atoms with E-state index >= 15 is 0 Å². The standard InChI is InChI=1S/C52H81NO13/c1-31-17-13-12-14-18-32(2)43(62-9)29-39-22-20-37(7)52(60,66-39)49(57)50(58)53-24-16-15-19-40(53)51(59)65-44(34(4)27-38-21-23-42(61-8)45(28-38)63-10)30-41(54)33(3)26-36(6)47(56)48(64-11)46(55)35(5)25-31/h12-14,17-18,26,31,33-35,37-40,42-45,47-48,56,60H,15-16,19-25,27-30H2,1-11H3/b14-12?,17-13+,32-18?,36-26+/t31-,33-,34-,35-,37-,38+,39?,40?,42-,43+,44+,45-,47-,48+,52-/m1/s1. The van der Waals surface area contributed by atoms with Gasteiger partial charge in [-0.15, -0.1) is 0 Å². The molecule has 14 nitrogen and oxygen atoms in total. The lowest BCUT2D eigenvalue weighted by Crippen LogP contribution is -2.61. The van der Waals surface area contributed by atoms with E-state index in [9.17, 15) is 34.2 Å². The van der Waals surface area contributed by atoms with Gasteiger partial charge >= 0.3 is 5.97 Å². The second-order valence-electron chi connectivity index (χ2n) is 19.8. The van der Waals surface area contributed by atoms with Gasteiger partial charge in [0, 0.05) is 65.6 Å². The van der Waals surface area contributed by atoms with Crippen LogP contribution in [0.4, 0.5) is 0 Å². The normalized spacial score (nSPS) is 38.7. The summed E-state index contributed by atoms with van der Waals surface area (Å²) in [4.78, 5) is 72.0. The van der Waals surface area contributed by atoms with Crippen molar-refractivity contribution < 1.29 is 62.6 Å². The van der Waals surface area contributed by atoms with Crippen molar-refractivity contribution in [3.05, 3.63) is 47.6 Å². The average Bonchev–Trinajstić information content (AvgIpc) is 3.30. The largest absolute Gasteiger partial charge is 0.460 e. The van der Waals surface area contributed by atoms with Crippen LogP contribution in [0.3, 0.4) is 0 Å². The van der Waals surface area contributed by atoms with Gasteiger partial charge in [0.25, 0.3) is 11.7 Å². The fraction of sp³-hybridized carbons (Fsp3) is 0.750. The molecule has 1 amide bonds. The fourth-order valence-electron chi connectivity index (χ4n) is 10.4. The first-order valence-electron chi connectivity index (χ1n) is 24.3. The van der Waals surface area contributed by atoms with Crippen molar-refractivity contribution in [1.82, 2.24) is 4.90 Å². The highest BCUT2D eigenvalue weighted by Gasteiger charge is 2.53. The van der Waals surface area contributed by atoms with E-state index in [1.165, 1.54) is 12.0 Å².